The van der Waals surface area contributed by atoms with Gasteiger partial charge in [0.25, 0.3) is 9.05 Å². The number of halogens is 1. The Balaban J connectivity index is 1.82. The number of ether oxygens (including phenoxy) is 1. The van der Waals surface area contributed by atoms with E-state index >= 15 is 0 Å². The molecule has 1 atom stereocenters. The van der Waals surface area contributed by atoms with Crippen LogP contribution in [0.5, 0.6) is 0 Å². The second kappa shape index (κ2) is 7.24. The molecule has 1 heterocycles. The van der Waals surface area contributed by atoms with Crippen molar-refractivity contribution in [1.82, 2.24) is 0 Å². The van der Waals surface area contributed by atoms with Gasteiger partial charge in [-0.2, -0.15) is 0 Å². The van der Waals surface area contributed by atoms with Crippen molar-refractivity contribution in [3.63, 3.8) is 0 Å². The number of carbonyl (C=O) groups is 1. The maximum absolute atomic E-state index is 11.8. The smallest absolute Gasteiger partial charge is 0.261 e. The van der Waals surface area contributed by atoms with Gasteiger partial charge in [0.1, 0.15) is 0 Å². The van der Waals surface area contributed by atoms with E-state index in [1.807, 2.05) is 0 Å². The van der Waals surface area contributed by atoms with Gasteiger partial charge < -0.3 is 10.1 Å². The monoisotopic (exact) mass is 331 g/mol. The molecular weight excluding hydrogens is 314 g/mol. The minimum atomic E-state index is -3.73. The zero-order valence-corrected chi connectivity index (χ0v) is 13.1. The van der Waals surface area contributed by atoms with E-state index in [0.29, 0.717) is 18.5 Å². The summed E-state index contributed by atoms with van der Waals surface area (Å²) in [5, 5.41) is 2.73. The van der Waals surface area contributed by atoms with Gasteiger partial charge in [-0.05, 0) is 49.9 Å². The summed E-state index contributed by atoms with van der Waals surface area (Å²) >= 11 is 0. The van der Waals surface area contributed by atoms with Crippen molar-refractivity contribution in [2.75, 3.05) is 11.9 Å². The van der Waals surface area contributed by atoms with E-state index < -0.39 is 9.05 Å². The van der Waals surface area contributed by atoms with Gasteiger partial charge in [-0.15, -0.1) is 0 Å². The molecular formula is C14H18ClNO4S. The molecule has 1 aliphatic heterocycles. The summed E-state index contributed by atoms with van der Waals surface area (Å²) in [6, 6.07) is 5.76. The topological polar surface area (TPSA) is 72.5 Å². The lowest BCUT2D eigenvalue weighted by molar-refractivity contribution is -0.117. The van der Waals surface area contributed by atoms with Crippen LogP contribution < -0.4 is 5.32 Å². The molecule has 0 radical (unpaired) electrons. The van der Waals surface area contributed by atoms with Gasteiger partial charge in [0.15, 0.2) is 0 Å². The number of nitrogens with one attached hydrogen (secondary N) is 1. The van der Waals surface area contributed by atoms with Crippen LogP contribution in [0.1, 0.15) is 32.1 Å². The lowest BCUT2D eigenvalue weighted by atomic mass is 10.0. The minimum absolute atomic E-state index is 0.0118. The highest BCUT2D eigenvalue weighted by Gasteiger charge is 2.15. The number of anilines is 1. The molecule has 5 nitrogen and oxygen atoms in total. The van der Waals surface area contributed by atoms with E-state index in [0.717, 1.165) is 25.9 Å². The van der Waals surface area contributed by atoms with Crippen LogP contribution in [0.2, 0.25) is 0 Å². The van der Waals surface area contributed by atoms with Gasteiger partial charge >= 0.3 is 0 Å². The quantitative estimate of drug-likeness (QED) is 0.842. The number of carbonyl (C=O) groups excluding carboxylic acids is 1. The standard InChI is InChI=1S/C14H18ClNO4S/c15-21(18,19)13-7-4-11(5-8-13)16-14(17)9-6-12-3-1-2-10-20-12/h4-5,7-8,12H,1-3,6,9-10H2,(H,16,17). The predicted octanol–water partition coefficient (Wildman–Crippen LogP) is 2.90. The summed E-state index contributed by atoms with van der Waals surface area (Å²) in [7, 11) is 1.49. The normalized spacial score (nSPS) is 19.2. The average molecular weight is 332 g/mol. The Bertz CT molecular complexity index is 579. The fourth-order valence-corrected chi connectivity index (χ4v) is 3.02. The summed E-state index contributed by atoms with van der Waals surface area (Å²) in [6.45, 7) is 0.778. The first-order chi connectivity index (χ1) is 9.95. The fourth-order valence-electron chi connectivity index (χ4n) is 2.25. The van der Waals surface area contributed by atoms with E-state index in [9.17, 15) is 13.2 Å². The predicted molar refractivity (Wildman–Crippen MR) is 80.9 cm³/mol. The minimum Gasteiger partial charge on any atom is -0.378 e. The lowest BCUT2D eigenvalue weighted by Gasteiger charge is -2.22. The third-order valence-electron chi connectivity index (χ3n) is 3.39. The first kappa shape index (κ1) is 16.3. The zero-order valence-electron chi connectivity index (χ0n) is 11.5. The molecule has 0 aromatic heterocycles. The third-order valence-corrected chi connectivity index (χ3v) is 4.76. The van der Waals surface area contributed by atoms with Crippen molar-refractivity contribution in [3.8, 4) is 0 Å². The molecule has 7 heteroatoms. The van der Waals surface area contributed by atoms with Crippen molar-refractivity contribution in [2.45, 2.75) is 43.1 Å². The summed E-state index contributed by atoms with van der Waals surface area (Å²) in [4.78, 5) is 11.8. The van der Waals surface area contributed by atoms with Crippen molar-refractivity contribution < 1.29 is 17.9 Å². The van der Waals surface area contributed by atoms with Crippen LogP contribution >= 0.6 is 10.7 Å². The Morgan fingerprint density at radius 2 is 2.00 bits per heavy atom. The van der Waals surface area contributed by atoms with E-state index in [4.69, 9.17) is 15.4 Å². The Morgan fingerprint density at radius 3 is 2.57 bits per heavy atom. The second-order valence-corrected chi connectivity index (χ2v) is 7.60. The van der Waals surface area contributed by atoms with Crippen molar-refractivity contribution >= 4 is 31.3 Å². The molecule has 1 unspecified atom stereocenters. The molecule has 116 valence electrons. The first-order valence-corrected chi connectivity index (χ1v) is 9.22. The van der Waals surface area contributed by atoms with Crippen LogP contribution in [0.15, 0.2) is 29.2 Å². The molecule has 0 spiro atoms. The van der Waals surface area contributed by atoms with Crippen LogP contribution in [0, 0.1) is 0 Å². The SMILES string of the molecule is O=C(CCC1CCCCO1)Nc1ccc(S(=O)(=O)Cl)cc1. The van der Waals surface area contributed by atoms with Crippen molar-refractivity contribution in [2.24, 2.45) is 0 Å². The van der Waals surface area contributed by atoms with E-state index in [1.54, 1.807) is 0 Å². The Labute approximate surface area is 129 Å². The van der Waals surface area contributed by atoms with Gasteiger partial charge in [-0.1, -0.05) is 0 Å². The Hall–Kier alpha value is -1.11. The van der Waals surface area contributed by atoms with Gasteiger partial charge in [-0.3, -0.25) is 4.79 Å². The number of amides is 1. The molecule has 21 heavy (non-hydrogen) atoms. The Morgan fingerprint density at radius 1 is 1.29 bits per heavy atom. The van der Waals surface area contributed by atoms with Crippen LogP contribution in [0.25, 0.3) is 0 Å². The van der Waals surface area contributed by atoms with E-state index in [-0.39, 0.29) is 16.9 Å². The highest BCUT2D eigenvalue weighted by Crippen LogP contribution is 2.19. The second-order valence-electron chi connectivity index (χ2n) is 5.04. The van der Waals surface area contributed by atoms with Gasteiger partial charge in [0.05, 0.1) is 11.0 Å². The van der Waals surface area contributed by atoms with Crippen LogP contribution in [-0.2, 0) is 18.6 Å². The number of rotatable bonds is 5. The summed E-state index contributed by atoms with van der Waals surface area (Å²) in [5.74, 6) is -0.106. The van der Waals surface area contributed by atoms with Gasteiger partial charge in [0.2, 0.25) is 5.91 Å². The molecule has 1 aromatic rings. The number of benzene rings is 1. The van der Waals surface area contributed by atoms with Crippen molar-refractivity contribution in [1.29, 1.82) is 0 Å². The summed E-state index contributed by atoms with van der Waals surface area (Å²) in [6.07, 6.45) is 4.53. The maximum Gasteiger partial charge on any atom is 0.261 e. The molecule has 0 aliphatic carbocycles. The third kappa shape index (κ3) is 5.30. The molecule has 1 aliphatic rings. The summed E-state index contributed by atoms with van der Waals surface area (Å²) in [5.41, 5.74) is 0.550. The van der Waals surface area contributed by atoms with E-state index in [2.05, 4.69) is 5.32 Å². The highest BCUT2D eigenvalue weighted by molar-refractivity contribution is 8.13. The van der Waals surface area contributed by atoms with Crippen molar-refractivity contribution in [3.05, 3.63) is 24.3 Å². The molecule has 1 saturated heterocycles. The molecule has 1 aromatic carbocycles. The van der Waals surface area contributed by atoms with Gasteiger partial charge in [0, 0.05) is 29.4 Å². The van der Waals surface area contributed by atoms with Crippen LogP contribution in [-0.4, -0.2) is 27.0 Å². The lowest BCUT2D eigenvalue weighted by Crippen LogP contribution is -2.21. The largest absolute Gasteiger partial charge is 0.378 e. The molecule has 1 fully saturated rings. The number of hydrogen-bond donors (Lipinski definition) is 1. The molecule has 0 bridgehead atoms. The van der Waals surface area contributed by atoms with Crippen LogP contribution in [0.3, 0.4) is 0 Å². The fraction of sp³-hybridized carbons (Fsp3) is 0.500. The number of hydrogen-bond acceptors (Lipinski definition) is 4. The molecule has 1 amide bonds. The van der Waals surface area contributed by atoms with Crippen LogP contribution in [0.4, 0.5) is 5.69 Å². The Kier molecular flexibility index (Phi) is 5.61. The van der Waals surface area contributed by atoms with E-state index in [1.165, 1.54) is 24.3 Å². The zero-order chi connectivity index (χ0) is 15.3. The summed E-state index contributed by atoms with van der Waals surface area (Å²) < 4.78 is 27.8. The molecule has 1 N–H and O–H groups in total. The average Bonchev–Trinajstić information content (AvgIpc) is 2.46. The first-order valence-electron chi connectivity index (χ1n) is 6.91. The molecule has 0 saturated carbocycles. The maximum atomic E-state index is 11.8. The highest BCUT2D eigenvalue weighted by atomic mass is 35.7. The van der Waals surface area contributed by atoms with Gasteiger partial charge in [-0.25, -0.2) is 8.42 Å². The molecule has 2 rings (SSSR count).